The summed E-state index contributed by atoms with van der Waals surface area (Å²) in [5.41, 5.74) is 3.65. The minimum absolute atomic E-state index is 0.0291. The van der Waals surface area contributed by atoms with E-state index in [2.05, 4.69) is 10.6 Å². The molecule has 0 aliphatic heterocycles. The van der Waals surface area contributed by atoms with E-state index in [-0.39, 0.29) is 18.4 Å². The topological polar surface area (TPSA) is 58.2 Å². The van der Waals surface area contributed by atoms with Crippen molar-refractivity contribution in [2.45, 2.75) is 20.4 Å². The van der Waals surface area contributed by atoms with Gasteiger partial charge in [-0.25, -0.2) is 0 Å². The second kappa shape index (κ2) is 7.41. The van der Waals surface area contributed by atoms with E-state index >= 15 is 0 Å². The summed E-state index contributed by atoms with van der Waals surface area (Å²) in [6, 6.07) is 15.3. The van der Waals surface area contributed by atoms with Crippen LogP contribution in [0.25, 0.3) is 0 Å². The number of nitrogens with one attached hydrogen (secondary N) is 2. The molecule has 0 fully saturated rings. The molecule has 4 heteroatoms. The maximum atomic E-state index is 12.0. The number of benzene rings is 2. The van der Waals surface area contributed by atoms with E-state index in [4.69, 9.17) is 0 Å². The first-order chi connectivity index (χ1) is 10.5. The Morgan fingerprint density at radius 2 is 1.55 bits per heavy atom. The van der Waals surface area contributed by atoms with E-state index < -0.39 is 0 Å². The standard InChI is InChI=1S/C18H20N2O2/c1-13-8-14(2)10-16(9-13)18(22)20-12-17(21)19-11-15-6-4-3-5-7-15/h3-10H,11-12H2,1-2H3,(H,19,21)(H,20,22). The lowest BCUT2D eigenvalue weighted by molar-refractivity contribution is -0.120. The summed E-state index contributed by atoms with van der Waals surface area (Å²) in [4.78, 5) is 23.8. The van der Waals surface area contributed by atoms with Gasteiger partial charge in [0.05, 0.1) is 6.54 Å². The Morgan fingerprint density at radius 1 is 0.909 bits per heavy atom. The fraction of sp³-hybridized carbons (Fsp3) is 0.222. The third-order valence-electron chi connectivity index (χ3n) is 3.23. The van der Waals surface area contributed by atoms with E-state index in [0.717, 1.165) is 16.7 Å². The van der Waals surface area contributed by atoms with Crippen LogP contribution < -0.4 is 10.6 Å². The van der Waals surface area contributed by atoms with Crippen LogP contribution in [0.15, 0.2) is 48.5 Å². The number of carbonyl (C=O) groups excluding carboxylic acids is 2. The number of aryl methyl sites for hydroxylation is 2. The third-order valence-corrected chi connectivity index (χ3v) is 3.23. The highest BCUT2D eigenvalue weighted by Gasteiger charge is 2.08. The molecule has 0 unspecified atom stereocenters. The number of amides is 2. The maximum absolute atomic E-state index is 12.0. The molecule has 0 spiro atoms. The molecule has 114 valence electrons. The number of hydrogen-bond donors (Lipinski definition) is 2. The Bertz CT molecular complexity index is 646. The van der Waals surface area contributed by atoms with Gasteiger partial charge in [-0.2, -0.15) is 0 Å². The Morgan fingerprint density at radius 3 is 2.18 bits per heavy atom. The van der Waals surface area contributed by atoms with Gasteiger partial charge in [-0.1, -0.05) is 47.5 Å². The molecule has 2 N–H and O–H groups in total. The maximum Gasteiger partial charge on any atom is 0.251 e. The van der Waals surface area contributed by atoms with Gasteiger partial charge in [-0.3, -0.25) is 9.59 Å². The number of carbonyl (C=O) groups is 2. The van der Waals surface area contributed by atoms with Gasteiger partial charge in [0.1, 0.15) is 0 Å². The van der Waals surface area contributed by atoms with Gasteiger partial charge in [0.2, 0.25) is 5.91 Å². The minimum Gasteiger partial charge on any atom is -0.350 e. The summed E-state index contributed by atoms with van der Waals surface area (Å²) in [6.07, 6.45) is 0. The Balaban J connectivity index is 1.81. The summed E-state index contributed by atoms with van der Waals surface area (Å²) < 4.78 is 0. The molecular formula is C18H20N2O2. The summed E-state index contributed by atoms with van der Waals surface area (Å²) in [5, 5.41) is 5.41. The van der Waals surface area contributed by atoms with Gasteiger partial charge in [0.25, 0.3) is 5.91 Å². The quantitative estimate of drug-likeness (QED) is 0.890. The van der Waals surface area contributed by atoms with Gasteiger partial charge in [-0.05, 0) is 31.5 Å². The molecular weight excluding hydrogens is 276 g/mol. The van der Waals surface area contributed by atoms with Crippen molar-refractivity contribution in [3.63, 3.8) is 0 Å². The summed E-state index contributed by atoms with van der Waals surface area (Å²) >= 11 is 0. The molecule has 0 bridgehead atoms. The first-order valence-corrected chi connectivity index (χ1v) is 7.22. The Labute approximate surface area is 130 Å². The molecule has 2 amide bonds. The smallest absolute Gasteiger partial charge is 0.251 e. The molecule has 0 heterocycles. The third kappa shape index (κ3) is 4.74. The van der Waals surface area contributed by atoms with E-state index in [9.17, 15) is 9.59 Å². The highest BCUT2D eigenvalue weighted by Crippen LogP contribution is 2.08. The zero-order valence-electron chi connectivity index (χ0n) is 12.8. The molecule has 0 radical (unpaired) electrons. The SMILES string of the molecule is Cc1cc(C)cc(C(=O)NCC(=O)NCc2ccccc2)c1. The highest BCUT2D eigenvalue weighted by atomic mass is 16.2. The largest absolute Gasteiger partial charge is 0.350 e. The van der Waals surface area contributed by atoms with Crippen LogP contribution in [0.1, 0.15) is 27.0 Å². The minimum atomic E-state index is -0.235. The molecule has 0 aromatic heterocycles. The summed E-state index contributed by atoms with van der Waals surface area (Å²) in [7, 11) is 0. The first kappa shape index (κ1) is 15.8. The number of hydrogen-bond acceptors (Lipinski definition) is 2. The predicted molar refractivity (Wildman–Crippen MR) is 86.5 cm³/mol. The van der Waals surface area contributed by atoms with Crippen molar-refractivity contribution in [1.82, 2.24) is 10.6 Å². The lowest BCUT2D eigenvalue weighted by Crippen LogP contribution is -2.36. The van der Waals surface area contributed by atoms with Crippen LogP contribution in [-0.4, -0.2) is 18.4 Å². The zero-order valence-corrected chi connectivity index (χ0v) is 12.8. The van der Waals surface area contributed by atoms with E-state index in [1.807, 2.05) is 62.4 Å². The van der Waals surface area contributed by atoms with Gasteiger partial charge in [0, 0.05) is 12.1 Å². The molecule has 0 atom stereocenters. The van der Waals surface area contributed by atoms with Crippen LogP contribution in [0.2, 0.25) is 0 Å². The van der Waals surface area contributed by atoms with Gasteiger partial charge in [0.15, 0.2) is 0 Å². The molecule has 22 heavy (non-hydrogen) atoms. The van der Waals surface area contributed by atoms with E-state index in [1.165, 1.54) is 0 Å². The zero-order chi connectivity index (χ0) is 15.9. The fourth-order valence-electron chi connectivity index (χ4n) is 2.23. The second-order valence-electron chi connectivity index (χ2n) is 5.32. The van der Waals surface area contributed by atoms with Crippen LogP contribution in [0.5, 0.6) is 0 Å². The summed E-state index contributed by atoms with van der Waals surface area (Å²) in [5.74, 6) is -0.441. The highest BCUT2D eigenvalue weighted by molar-refractivity contribution is 5.96. The molecule has 0 saturated carbocycles. The molecule has 0 aliphatic rings. The second-order valence-corrected chi connectivity index (χ2v) is 5.32. The molecule has 2 rings (SSSR count). The van der Waals surface area contributed by atoms with Gasteiger partial charge >= 0.3 is 0 Å². The van der Waals surface area contributed by atoms with Crippen molar-refractivity contribution < 1.29 is 9.59 Å². The van der Waals surface area contributed by atoms with Crippen LogP contribution in [0, 0.1) is 13.8 Å². The van der Waals surface area contributed by atoms with Crippen molar-refractivity contribution in [2.75, 3.05) is 6.54 Å². The van der Waals surface area contributed by atoms with Crippen LogP contribution in [0.4, 0.5) is 0 Å². The fourth-order valence-corrected chi connectivity index (χ4v) is 2.23. The average molecular weight is 296 g/mol. The van der Waals surface area contributed by atoms with Crippen LogP contribution in [-0.2, 0) is 11.3 Å². The molecule has 0 saturated heterocycles. The van der Waals surface area contributed by atoms with Crippen LogP contribution >= 0.6 is 0 Å². The van der Waals surface area contributed by atoms with Crippen molar-refractivity contribution in [3.05, 3.63) is 70.8 Å². The van der Waals surface area contributed by atoms with Gasteiger partial charge < -0.3 is 10.6 Å². The van der Waals surface area contributed by atoms with Crippen LogP contribution in [0.3, 0.4) is 0 Å². The first-order valence-electron chi connectivity index (χ1n) is 7.22. The molecule has 0 aliphatic carbocycles. The van der Waals surface area contributed by atoms with Crippen molar-refractivity contribution in [1.29, 1.82) is 0 Å². The van der Waals surface area contributed by atoms with Gasteiger partial charge in [-0.15, -0.1) is 0 Å². The monoisotopic (exact) mass is 296 g/mol. The normalized spacial score (nSPS) is 10.1. The molecule has 2 aromatic carbocycles. The predicted octanol–water partition coefficient (Wildman–Crippen LogP) is 2.35. The lowest BCUT2D eigenvalue weighted by Gasteiger charge is -2.08. The lowest BCUT2D eigenvalue weighted by atomic mass is 10.1. The average Bonchev–Trinajstić information content (AvgIpc) is 2.50. The van der Waals surface area contributed by atoms with Crippen molar-refractivity contribution in [3.8, 4) is 0 Å². The van der Waals surface area contributed by atoms with Crippen molar-refractivity contribution >= 4 is 11.8 Å². The Kier molecular flexibility index (Phi) is 5.31. The Hall–Kier alpha value is -2.62. The van der Waals surface area contributed by atoms with Crippen molar-refractivity contribution in [2.24, 2.45) is 0 Å². The number of rotatable bonds is 5. The van der Waals surface area contributed by atoms with E-state index in [1.54, 1.807) is 0 Å². The molecule has 4 nitrogen and oxygen atoms in total. The van der Waals surface area contributed by atoms with E-state index in [0.29, 0.717) is 12.1 Å². The molecule has 2 aromatic rings. The summed E-state index contributed by atoms with van der Waals surface area (Å²) in [6.45, 7) is 4.31.